The van der Waals surface area contributed by atoms with Gasteiger partial charge in [0.25, 0.3) is 17.3 Å². The summed E-state index contributed by atoms with van der Waals surface area (Å²) < 4.78 is 0. The van der Waals surface area contributed by atoms with E-state index in [-0.39, 0.29) is 5.56 Å². The lowest BCUT2D eigenvalue weighted by Crippen LogP contribution is -2.82. The highest BCUT2D eigenvalue weighted by Crippen LogP contribution is 2.34. The molecule has 19 nitrogen and oxygen atoms in total. The molecule has 0 aliphatic heterocycles. The van der Waals surface area contributed by atoms with Crippen LogP contribution in [0.4, 0.5) is 22.7 Å². The van der Waals surface area contributed by atoms with Gasteiger partial charge in [0, 0.05) is 12.1 Å². The van der Waals surface area contributed by atoms with Gasteiger partial charge in [-0.25, -0.2) is 0 Å². The highest BCUT2D eigenvalue weighted by molar-refractivity contribution is 5.88. The van der Waals surface area contributed by atoms with Crippen molar-refractivity contribution in [3.8, 4) is 11.5 Å². The summed E-state index contributed by atoms with van der Waals surface area (Å²) in [5.74, 6) is -2.28. The Morgan fingerprint density at radius 3 is 1.79 bits per heavy atom. The molecule has 0 atom stereocenters. The maximum atomic E-state index is 10.9. The predicted molar refractivity (Wildman–Crippen MR) is 111 cm³/mol. The van der Waals surface area contributed by atoms with Crippen LogP contribution in [0.15, 0.2) is 34.5 Å². The second-order valence-corrected chi connectivity index (χ2v) is 5.98. The standard InChI is InChI=1S/C15H11N9O10/c16-15(19-17-5-7-1-9(21(27)28)3-11(13(7)25)23(31)32)20-18-6-8-2-10(22(29)30)4-12(14(8)26)24(33)34/h1-6,25-26H,(H3,16,19,20)/p+1/b17-5-,18-6+. The van der Waals surface area contributed by atoms with Gasteiger partial charge in [0.05, 0.1) is 49.2 Å². The Labute approximate surface area is 185 Å². The number of rotatable bonds is 8. The van der Waals surface area contributed by atoms with E-state index in [4.69, 9.17) is 5.73 Å². The number of nitro benzene ring substituents is 4. The number of hydrazone groups is 1. The molecule has 0 fully saturated rings. The minimum absolute atomic E-state index is 0.349. The van der Waals surface area contributed by atoms with Crippen molar-refractivity contribution < 1.29 is 35.0 Å². The molecule has 0 saturated heterocycles. The van der Waals surface area contributed by atoms with E-state index in [2.05, 4.69) is 20.7 Å². The Balaban J connectivity index is 2.25. The van der Waals surface area contributed by atoms with Crippen molar-refractivity contribution in [3.63, 3.8) is 0 Å². The van der Waals surface area contributed by atoms with Crippen molar-refractivity contribution >= 4 is 41.1 Å². The molecule has 176 valence electrons. The zero-order chi connectivity index (χ0) is 25.6. The van der Waals surface area contributed by atoms with Crippen LogP contribution in [-0.2, 0) is 0 Å². The molecule has 0 saturated carbocycles. The van der Waals surface area contributed by atoms with E-state index >= 15 is 0 Å². The highest BCUT2D eigenvalue weighted by atomic mass is 16.6. The van der Waals surface area contributed by atoms with E-state index in [0.29, 0.717) is 12.1 Å². The zero-order valence-electron chi connectivity index (χ0n) is 16.4. The molecule has 0 aromatic heterocycles. The molecule has 6 N–H and O–H groups in total. The normalized spacial score (nSPS) is 11.6. The smallest absolute Gasteiger partial charge is 0.318 e. The summed E-state index contributed by atoms with van der Waals surface area (Å²) in [5.41, 5.74) is 3.69. The molecular formula is C15H12N9O10+. The van der Waals surface area contributed by atoms with Crippen LogP contribution < -0.4 is 16.3 Å². The maximum Gasteiger partial charge on any atom is 0.318 e. The van der Waals surface area contributed by atoms with Gasteiger partial charge in [-0.3, -0.25) is 40.5 Å². The van der Waals surface area contributed by atoms with Gasteiger partial charge >= 0.3 is 11.4 Å². The number of non-ortho nitro benzene ring substituents is 2. The van der Waals surface area contributed by atoms with Crippen LogP contribution in [0.3, 0.4) is 0 Å². The number of nitro groups is 4. The van der Waals surface area contributed by atoms with Gasteiger partial charge in [-0.2, -0.15) is 5.10 Å². The number of hydrogen-bond acceptors (Lipinski definition) is 12. The molecule has 0 unspecified atom stereocenters. The molecule has 0 heterocycles. The summed E-state index contributed by atoms with van der Waals surface area (Å²) in [6.45, 7) is 0. The van der Waals surface area contributed by atoms with Crippen LogP contribution in [0.1, 0.15) is 11.1 Å². The second-order valence-electron chi connectivity index (χ2n) is 5.98. The van der Waals surface area contributed by atoms with Gasteiger partial charge in [0.1, 0.15) is 0 Å². The van der Waals surface area contributed by atoms with Gasteiger partial charge in [-0.15, -0.1) is 15.6 Å². The molecule has 0 amide bonds. The van der Waals surface area contributed by atoms with Crippen molar-refractivity contribution in [1.29, 1.82) is 0 Å². The van der Waals surface area contributed by atoms with E-state index in [1.807, 2.05) is 0 Å². The third kappa shape index (κ3) is 5.69. The number of hydrazine groups is 1. The Kier molecular flexibility index (Phi) is 7.24. The molecule has 0 bridgehead atoms. The zero-order valence-corrected chi connectivity index (χ0v) is 16.4. The summed E-state index contributed by atoms with van der Waals surface area (Å²) in [7, 11) is 0. The minimum Gasteiger partial charge on any atom is -0.502 e. The van der Waals surface area contributed by atoms with E-state index in [1.165, 1.54) is 0 Å². The van der Waals surface area contributed by atoms with Gasteiger partial charge < -0.3 is 15.9 Å². The Bertz CT molecular complexity index is 1290. The van der Waals surface area contributed by atoms with E-state index in [1.54, 1.807) is 0 Å². The first-order chi connectivity index (χ1) is 15.9. The fourth-order valence-electron chi connectivity index (χ4n) is 2.31. The number of phenols is 2. The van der Waals surface area contributed by atoms with Crippen molar-refractivity contribution in [2.24, 2.45) is 15.9 Å². The van der Waals surface area contributed by atoms with Crippen LogP contribution in [0, 0.1) is 40.5 Å². The molecule has 0 spiro atoms. The quantitative estimate of drug-likeness (QED) is 0.133. The topological polar surface area (TPSA) is 290 Å². The lowest BCUT2D eigenvalue weighted by atomic mass is 10.1. The molecule has 34 heavy (non-hydrogen) atoms. The van der Waals surface area contributed by atoms with Crippen molar-refractivity contribution in [3.05, 3.63) is 75.8 Å². The van der Waals surface area contributed by atoms with Gasteiger partial charge in [0.2, 0.25) is 17.7 Å². The van der Waals surface area contributed by atoms with Gasteiger partial charge in [-0.1, -0.05) is 0 Å². The average Bonchev–Trinajstić information content (AvgIpc) is 2.75. The fraction of sp³-hybridized carbons (Fsp3) is 0. The molecular weight excluding hydrogens is 466 g/mol. The van der Waals surface area contributed by atoms with Crippen LogP contribution in [0.2, 0.25) is 0 Å². The first kappa shape index (κ1) is 24.5. The van der Waals surface area contributed by atoms with Crippen molar-refractivity contribution in [2.45, 2.75) is 0 Å². The lowest BCUT2D eigenvalue weighted by Gasteiger charge is -2.00. The third-order valence-corrected chi connectivity index (χ3v) is 3.81. The number of phenolic OH excluding ortho intramolecular Hbond substituents is 2. The fourth-order valence-corrected chi connectivity index (χ4v) is 2.31. The number of nitrogens with two attached hydrogens (primary N) is 1. The third-order valence-electron chi connectivity index (χ3n) is 3.81. The first-order valence-corrected chi connectivity index (χ1v) is 8.45. The second kappa shape index (κ2) is 10.0. The monoisotopic (exact) mass is 478 g/mol. The Hall–Kier alpha value is -5.75. The molecule has 2 aromatic rings. The molecule has 0 radical (unpaired) electrons. The van der Waals surface area contributed by atoms with Gasteiger partial charge in [0.15, 0.2) is 0 Å². The number of nitrogens with zero attached hydrogens (tertiary/aromatic N) is 6. The number of nitrogens with one attached hydrogen (secondary N) is 2. The maximum absolute atomic E-state index is 10.9. The SMILES string of the molecule is N/C(=N\N=C\c1cc([N+](=O)[O-])cc([N+](=O)[O-])c1O)N/[NH+]=C\c1cc([N+](=O)[O-])cc([N+](=O)[O-])c1O. The van der Waals surface area contributed by atoms with E-state index in [9.17, 15) is 50.7 Å². The van der Waals surface area contributed by atoms with Crippen molar-refractivity contribution in [1.82, 2.24) is 5.43 Å². The van der Waals surface area contributed by atoms with E-state index < -0.39 is 65.5 Å². The summed E-state index contributed by atoms with van der Waals surface area (Å²) >= 11 is 0. The number of benzene rings is 2. The number of hydrogen-bond donors (Lipinski definition) is 5. The molecule has 2 rings (SSSR count). The van der Waals surface area contributed by atoms with E-state index in [0.717, 1.165) is 24.6 Å². The van der Waals surface area contributed by atoms with Crippen LogP contribution in [-0.4, -0.2) is 48.3 Å². The van der Waals surface area contributed by atoms with Crippen molar-refractivity contribution in [2.75, 3.05) is 0 Å². The molecule has 0 aliphatic rings. The minimum atomic E-state index is -1.04. The average molecular weight is 478 g/mol. The summed E-state index contributed by atoms with van der Waals surface area (Å²) in [4.78, 5) is 39.8. The van der Waals surface area contributed by atoms with Crippen LogP contribution in [0.5, 0.6) is 11.5 Å². The van der Waals surface area contributed by atoms with Crippen LogP contribution >= 0.6 is 0 Å². The number of aromatic hydroxyl groups is 2. The lowest BCUT2D eigenvalue weighted by molar-refractivity contribution is -0.500. The Morgan fingerprint density at radius 2 is 1.32 bits per heavy atom. The number of guanidine groups is 1. The van der Waals surface area contributed by atoms with Gasteiger partial charge in [-0.05, 0) is 0 Å². The largest absolute Gasteiger partial charge is 0.502 e. The highest BCUT2D eigenvalue weighted by Gasteiger charge is 2.24. The Morgan fingerprint density at radius 1 is 0.853 bits per heavy atom. The molecule has 0 aliphatic carbocycles. The van der Waals surface area contributed by atoms with Crippen LogP contribution in [0.25, 0.3) is 0 Å². The molecule has 2 aromatic carbocycles. The summed E-state index contributed by atoms with van der Waals surface area (Å²) in [5, 5.41) is 72.4. The molecule has 19 heteroatoms. The first-order valence-electron chi connectivity index (χ1n) is 8.45. The predicted octanol–water partition coefficient (Wildman–Crippen LogP) is -0.916. The summed E-state index contributed by atoms with van der Waals surface area (Å²) in [6.07, 6.45) is 1.63. The summed E-state index contributed by atoms with van der Waals surface area (Å²) in [6, 6.07) is 2.76.